The number of nitrogens with one attached hydrogen (secondary N) is 1. The highest BCUT2D eigenvalue weighted by molar-refractivity contribution is 5.91. The summed E-state index contributed by atoms with van der Waals surface area (Å²) in [6.45, 7) is 3.13. The molecular weight excluding hydrogens is 292 g/mol. The molecule has 3 rings (SSSR count). The van der Waals surface area contributed by atoms with Crippen molar-refractivity contribution in [1.29, 1.82) is 0 Å². The Labute approximate surface area is 135 Å². The molecule has 0 radical (unpaired) electrons. The minimum absolute atomic E-state index is 0.0882. The summed E-state index contributed by atoms with van der Waals surface area (Å²) in [6.07, 6.45) is 7.13. The number of carbonyl (C=O) groups is 1. The number of likely N-dealkylation sites (tertiary alicyclic amines) is 1. The summed E-state index contributed by atoms with van der Waals surface area (Å²) in [6, 6.07) is 7.47. The van der Waals surface area contributed by atoms with Gasteiger partial charge in [-0.05, 0) is 49.6 Å². The Balaban J connectivity index is 1.75. The van der Waals surface area contributed by atoms with E-state index in [1.54, 1.807) is 30.7 Å². The number of nitrogens with zero attached hydrogens (tertiary/aromatic N) is 3. The van der Waals surface area contributed by atoms with Gasteiger partial charge in [0.05, 0.1) is 12.6 Å². The lowest BCUT2D eigenvalue weighted by Crippen LogP contribution is -2.34. The number of amides is 2. The van der Waals surface area contributed by atoms with Gasteiger partial charge in [-0.2, -0.15) is 0 Å². The molecule has 1 saturated heterocycles. The highest BCUT2D eigenvalue weighted by atomic mass is 16.5. The van der Waals surface area contributed by atoms with Crippen molar-refractivity contribution in [3.8, 4) is 5.88 Å². The Morgan fingerprint density at radius 3 is 2.96 bits per heavy atom. The molecule has 1 N–H and O–H groups in total. The van der Waals surface area contributed by atoms with Gasteiger partial charge in [0, 0.05) is 25.1 Å². The Morgan fingerprint density at radius 2 is 2.17 bits per heavy atom. The van der Waals surface area contributed by atoms with Crippen LogP contribution in [0.5, 0.6) is 5.88 Å². The number of carbonyl (C=O) groups excluding carboxylic acids is 1. The van der Waals surface area contributed by atoms with Gasteiger partial charge in [0.15, 0.2) is 0 Å². The summed E-state index contributed by atoms with van der Waals surface area (Å²) >= 11 is 0. The number of pyridine rings is 2. The maximum Gasteiger partial charge on any atom is 0.322 e. The van der Waals surface area contributed by atoms with Crippen molar-refractivity contribution in [2.75, 3.05) is 18.5 Å². The van der Waals surface area contributed by atoms with Gasteiger partial charge in [-0.25, -0.2) is 9.78 Å². The Morgan fingerprint density at radius 1 is 1.35 bits per heavy atom. The van der Waals surface area contributed by atoms with Gasteiger partial charge >= 0.3 is 6.03 Å². The zero-order valence-electron chi connectivity index (χ0n) is 13.1. The first kappa shape index (κ1) is 15.3. The van der Waals surface area contributed by atoms with Gasteiger partial charge < -0.3 is 15.0 Å². The standard InChI is InChI=1S/C17H20N4O2/c1-2-23-16-14(5-3-9-19-16)20-17(22)21-12-4-6-15(21)13-7-10-18-11-8-13/h3,5,7-11,15H,2,4,6,12H2,1H3,(H,20,22)/t15-/m1/s1. The van der Waals surface area contributed by atoms with Crippen LogP contribution >= 0.6 is 0 Å². The van der Waals surface area contributed by atoms with Crippen LogP contribution in [-0.4, -0.2) is 34.1 Å². The molecule has 6 nitrogen and oxygen atoms in total. The molecular formula is C17H20N4O2. The summed E-state index contributed by atoms with van der Waals surface area (Å²) in [5.74, 6) is 0.447. The molecule has 0 aliphatic carbocycles. The lowest BCUT2D eigenvalue weighted by Gasteiger charge is -2.25. The molecule has 2 aromatic rings. The van der Waals surface area contributed by atoms with Crippen molar-refractivity contribution in [1.82, 2.24) is 14.9 Å². The van der Waals surface area contributed by atoms with Crippen LogP contribution in [-0.2, 0) is 0 Å². The van der Waals surface area contributed by atoms with E-state index < -0.39 is 0 Å². The molecule has 0 aromatic carbocycles. The molecule has 23 heavy (non-hydrogen) atoms. The average Bonchev–Trinajstić information content (AvgIpc) is 3.07. The first-order valence-corrected chi connectivity index (χ1v) is 7.85. The predicted octanol–water partition coefficient (Wildman–Crippen LogP) is 3.24. The molecule has 2 aromatic heterocycles. The smallest absolute Gasteiger partial charge is 0.322 e. The van der Waals surface area contributed by atoms with Crippen LogP contribution in [0.1, 0.15) is 31.4 Å². The predicted molar refractivity (Wildman–Crippen MR) is 87.3 cm³/mol. The zero-order chi connectivity index (χ0) is 16.1. The van der Waals surface area contributed by atoms with Crippen LogP contribution < -0.4 is 10.1 Å². The van der Waals surface area contributed by atoms with Gasteiger partial charge in [-0.3, -0.25) is 4.98 Å². The van der Waals surface area contributed by atoms with Crippen molar-refractivity contribution < 1.29 is 9.53 Å². The summed E-state index contributed by atoms with van der Waals surface area (Å²) in [4.78, 5) is 22.7. The molecule has 120 valence electrons. The van der Waals surface area contributed by atoms with Crippen molar-refractivity contribution >= 4 is 11.7 Å². The zero-order valence-corrected chi connectivity index (χ0v) is 13.1. The fourth-order valence-corrected chi connectivity index (χ4v) is 2.87. The monoisotopic (exact) mass is 312 g/mol. The van der Waals surface area contributed by atoms with Crippen molar-refractivity contribution in [3.63, 3.8) is 0 Å². The van der Waals surface area contributed by atoms with Gasteiger partial charge in [-0.1, -0.05) is 0 Å². The molecule has 0 spiro atoms. The van der Waals surface area contributed by atoms with Gasteiger partial charge in [0.2, 0.25) is 5.88 Å². The van der Waals surface area contributed by atoms with E-state index in [-0.39, 0.29) is 12.1 Å². The average molecular weight is 312 g/mol. The second-order valence-corrected chi connectivity index (χ2v) is 5.35. The van der Waals surface area contributed by atoms with Crippen LogP contribution in [0, 0.1) is 0 Å². The summed E-state index contributed by atoms with van der Waals surface area (Å²) < 4.78 is 5.46. The van der Waals surface area contributed by atoms with E-state index in [2.05, 4.69) is 15.3 Å². The van der Waals surface area contributed by atoms with E-state index in [0.29, 0.717) is 18.2 Å². The first-order valence-electron chi connectivity index (χ1n) is 7.85. The molecule has 1 aliphatic heterocycles. The Kier molecular flexibility index (Phi) is 4.71. The summed E-state index contributed by atoms with van der Waals surface area (Å²) in [5, 5.41) is 2.92. The maximum absolute atomic E-state index is 12.7. The minimum Gasteiger partial charge on any atom is -0.476 e. The molecule has 3 heterocycles. The number of ether oxygens (including phenoxy) is 1. The Hall–Kier alpha value is -2.63. The number of urea groups is 1. The van der Waals surface area contributed by atoms with Crippen molar-refractivity contribution in [2.24, 2.45) is 0 Å². The number of hydrogen-bond donors (Lipinski definition) is 1. The Bertz CT molecular complexity index is 663. The van der Waals surface area contributed by atoms with Crippen LogP contribution in [0.2, 0.25) is 0 Å². The lowest BCUT2D eigenvalue weighted by atomic mass is 10.1. The first-order chi connectivity index (χ1) is 11.3. The van der Waals surface area contributed by atoms with Gasteiger partial charge in [0.1, 0.15) is 5.69 Å². The lowest BCUT2D eigenvalue weighted by molar-refractivity contribution is 0.207. The fourth-order valence-electron chi connectivity index (χ4n) is 2.87. The summed E-state index contributed by atoms with van der Waals surface area (Å²) in [5.41, 5.74) is 1.71. The molecule has 1 atom stereocenters. The van der Waals surface area contributed by atoms with Crippen molar-refractivity contribution in [3.05, 3.63) is 48.4 Å². The molecule has 2 amide bonds. The van der Waals surface area contributed by atoms with Gasteiger partial charge in [-0.15, -0.1) is 0 Å². The SMILES string of the molecule is CCOc1ncccc1NC(=O)N1CCC[C@@H]1c1ccncc1. The van der Waals surface area contributed by atoms with E-state index in [4.69, 9.17) is 4.74 Å². The van der Waals surface area contributed by atoms with E-state index in [9.17, 15) is 4.79 Å². The topological polar surface area (TPSA) is 67.3 Å². The van der Waals surface area contributed by atoms with E-state index in [0.717, 1.165) is 24.9 Å². The third-order valence-corrected chi connectivity index (χ3v) is 3.90. The van der Waals surface area contributed by atoms with Crippen LogP contribution in [0.25, 0.3) is 0 Å². The highest BCUT2D eigenvalue weighted by Gasteiger charge is 2.30. The maximum atomic E-state index is 12.7. The third-order valence-electron chi connectivity index (χ3n) is 3.90. The molecule has 0 bridgehead atoms. The van der Waals surface area contributed by atoms with E-state index in [1.165, 1.54) is 0 Å². The van der Waals surface area contributed by atoms with Crippen LogP contribution in [0.15, 0.2) is 42.9 Å². The number of rotatable bonds is 4. The summed E-state index contributed by atoms with van der Waals surface area (Å²) in [7, 11) is 0. The third kappa shape index (κ3) is 3.41. The number of aromatic nitrogens is 2. The highest BCUT2D eigenvalue weighted by Crippen LogP contribution is 2.32. The molecule has 1 aliphatic rings. The number of hydrogen-bond acceptors (Lipinski definition) is 4. The molecule has 1 fully saturated rings. The van der Waals surface area contributed by atoms with Crippen molar-refractivity contribution in [2.45, 2.75) is 25.8 Å². The quantitative estimate of drug-likeness (QED) is 0.941. The molecule has 0 saturated carbocycles. The largest absolute Gasteiger partial charge is 0.476 e. The second kappa shape index (κ2) is 7.09. The minimum atomic E-state index is -0.127. The number of anilines is 1. The van der Waals surface area contributed by atoms with E-state index in [1.807, 2.05) is 24.0 Å². The molecule has 0 unspecified atom stereocenters. The molecule has 6 heteroatoms. The van der Waals surface area contributed by atoms with Crippen LogP contribution in [0.4, 0.5) is 10.5 Å². The normalized spacial score (nSPS) is 17.1. The fraction of sp³-hybridized carbons (Fsp3) is 0.353. The second-order valence-electron chi connectivity index (χ2n) is 5.35. The van der Waals surface area contributed by atoms with Crippen LogP contribution in [0.3, 0.4) is 0 Å². The van der Waals surface area contributed by atoms with Gasteiger partial charge in [0.25, 0.3) is 0 Å². The van der Waals surface area contributed by atoms with E-state index >= 15 is 0 Å².